The Labute approximate surface area is 129 Å². The van der Waals surface area contributed by atoms with E-state index in [0.29, 0.717) is 5.92 Å². The summed E-state index contributed by atoms with van der Waals surface area (Å²) in [5.74, 6) is 0.534. The molecule has 1 aromatic rings. The minimum atomic E-state index is -2.96. The Kier molecular flexibility index (Phi) is 5.10. The van der Waals surface area contributed by atoms with E-state index < -0.39 is 9.84 Å². The standard InChI is InChI=1S/C17H27NO2S/c1-12(2)14-8-10-15(11-9-14)13(3)18-16-6-5-7-17(16)21(4,19)20/h8-13,16-18H,5-7H2,1-4H3. The summed E-state index contributed by atoms with van der Waals surface area (Å²) in [7, 11) is -2.96. The molecule has 0 amide bonds. The summed E-state index contributed by atoms with van der Waals surface area (Å²) in [5.41, 5.74) is 2.55. The summed E-state index contributed by atoms with van der Waals surface area (Å²) in [6.45, 7) is 6.49. The number of rotatable bonds is 5. The van der Waals surface area contributed by atoms with Gasteiger partial charge in [-0.25, -0.2) is 8.42 Å². The zero-order chi connectivity index (χ0) is 15.6. The summed E-state index contributed by atoms with van der Waals surface area (Å²) in [6, 6.07) is 8.90. The molecule has 1 saturated carbocycles. The first-order valence-corrected chi connectivity index (χ1v) is 9.79. The lowest BCUT2D eigenvalue weighted by Gasteiger charge is -2.24. The Hall–Kier alpha value is -0.870. The van der Waals surface area contributed by atoms with Crippen LogP contribution in [0.2, 0.25) is 0 Å². The van der Waals surface area contributed by atoms with Crippen molar-refractivity contribution in [2.75, 3.05) is 6.26 Å². The van der Waals surface area contributed by atoms with E-state index in [4.69, 9.17) is 0 Å². The fourth-order valence-electron chi connectivity index (χ4n) is 3.22. The first kappa shape index (κ1) is 16.5. The molecule has 0 aromatic heterocycles. The van der Waals surface area contributed by atoms with Crippen LogP contribution in [0.1, 0.15) is 63.1 Å². The van der Waals surface area contributed by atoms with Crippen molar-refractivity contribution in [1.82, 2.24) is 5.32 Å². The lowest BCUT2D eigenvalue weighted by Crippen LogP contribution is -2.41. The van der Waals surface area contributed by atoms with Crippen LogP contribution in [0.15, 0.2) is 24.3 Å². The van der Waals surface area contributed by atoms with Crippen LogP contribution in [0.4, 0.5) is 0 Å². The predicted octanol–water partition coefficient (Wildman–Crippen LogP) is 3.43. The van der Waals surface area contributed by atoms with Gasteiger partial charge in [0.1, 0.15) is 0 Å². The lowest BCUT2D eigenvalue weighted by molar-refractivity contribution is 0.455. The Morgan fingerprint density at radius 2 is 1.62 bits per heavy atom. The number of sulfone groups is 1. The van der Waals surface area contributed by atoms with Crippen LogP contribution in [0.3, 0.4) is 0 Å². The molecule has 0 bridgehead atoms. The zero-order valence-corrected chi connectivity index (χ0v) is 14.3. The summed E-state index contributed by atoms with van der Waals surface area (Å²) in [6.07, 6.45) is 4.09. The normalized spacial score (nSPS) is 24.4. The van der Waals surface area contributed by atoms with Gasteiger partial charge < -0.3 is 5.32 Å². The van der Waals surface area contributed by atoms with Crippen molar-refractivity contribution in [3.05, 3.63) is 35.4 Å². The van der Waals surface area contributed by atoms with E-state index in [9.17, 15) is 8.42 Å². The molecule has 0 radical (unpaired) electrons. The molecule has 4 heteroatoms. The third-order valence-electron chi connectivity index (χ3n) is 4.57. The van der Waals surface area contributed by atoms with Gasteiger partial charge in [-0.05, 0) is 36.8 Å². The summed E-state index contributed by atoms with van der Waals surface area (Å²) in [4.78, 5) is 0. The second-order valence-corrected chi connectivity index (χ2v) is 8.88. The Morgan fingerprint density at radius 1 is 1.05 bits per heavy atom. The Bertz CT molecular complexity index is 563. The topological polar surface area (TPSA) is 46.2 Å². The van der Waals surface area contributed by atoms with Gasteiger partial charge in [0.2, 0.25) is 0 Å². The largest absolute Gasteiger partial charge is 0.306 e. The number of hydrogen-bond acceptors (Lipinski definition) is 3. The molecule has 118 valence electrons. The number of nitrogens with one attached hydrogen (secondary N) is 1. The average molecular weight is 309 g/mol. The molecule has 0 spiro atoms. The van der Waals surface area contributed by atoms with Crippen LogP contribution in [-0.2, 0) is 9.84 Å². The molecular weight excluding hydrogens is 282 g/mol. The maximum atomic E-state index is 11.8. The van der Waals surface area contributed by atoms with Crippen molar-refractivity contribution in [3.8, 4) is 0 Å². The maximum absolute atomic E-state index is 11.8. The summed E-state index contributed by atoms with van der Waals surface area (Å²) in [5, 5.41) is 3.29. The number of benzene rings is 1. The second kappa shape index (κ2) is 6.49. The highest BCUT2D eigenvalue weighted by molar-refractivity contribution is 7.91. The predicted molar refractivity (Wildman–Crippen MR) is 88.4 cm³/mol. The van der Waals surface area contributed by atoms with Crippen molar-refractivity contribution < 1.29 is 8.42 Å². The van der Waals surface area contributed by atoms with E-state index >= 15 is 0 Å². The molecule has 1 aromatic carbocycles. The molecule has 0 heterocycles. The molecule has 21 heavy (non-hydrogen) atoms. The van der Waals surface area contributed by atoms with Gasteiger partial charge in [-0.1, -0.05) is 44.5 Å². The molecule has 3 unspecified atom stereocenters. The fourth-order valence-corrected chi connectivity index (χ4v) is 4.62. The van der Waals surface area contributed by atoms with Gasteiger partial charge in [0, 0.05) is 18.3 Å². The molecule has 0 saturated heterocycles. The molecular formula is C17H27NO2S. The van der Waals surface area contributed by atoms with Gasteiger partial charge >= 0.3 is 0 Å². The first-order chi connectivity index (χ1) is 9.79. The third-order valence-corrected chi connectivity index (χ3v) is 6.23. The van der Waals surface area contributed by atoms with E-state index in [2.05, 4.69) is 50.4 Å². The molecule has 3 atom stereocenters. The summed E-state index contributed by atoms with van der Waals surface area (Å²) < 4.78 is 23.7. The highest BCUT2D eigenvalue weighted by Gasteiger charge is 2.35. The van der Waals surface area contributed by atoms with Crippen LogP contribution in [0.5, 0.6) is 0 Å². The van der Waals surface area contributed by atoms with E-state index in [0.717, 1.165) is 19.3 Å². The van der Waals surface area contributed by atoms with Gasteiger partial charge in [-0.15, -0.1) is 0 Å². The molecule has 1 N–H and O–H groups in total. The van der Waals surface area contributed by atoms with Gasteiger partial charge in [0.15, 0.2) is 9.84 Å². The monoisotopic (exact) mass is 309 g/mol. The molecule has 1 aliphatic rings. The Morgan fingerprint density at radius 3 is 2.14 bits per heavy atom. The first-order valence-electron chi connectivity index (χ1n) is 7.84. The van der Waals surface area contributed by atoms with Crippen molar-refractivity contribution in [3.63, 3.8) is 0 Å². The quantitative estimate of drug-likeness (QED) is 0.906. The van der Waals surface area contributed by atoms with E-state index in [1.165, 1.54) is 17.4 Å². The third kappa shape index (κ3) is 4.07. The van der Waals surface area contributed by atoms with Crippen molar-refractivity contribution in [2.45, 2.75) is 63.3 Å². The van der Waals surface area contributed by atoms with Crippen LogP contribution >= 0.6 is 0 Å². The maximum Gasteiger partial charge on any atom is 0.151 e. The van der Waals surface area contributed by atoms with Crippen LogP contribution in [-0.4, -0.2) is 26.0 Å². The molecule has 3 nitrogen and oxygen atoms in total. The smallest absolute Gasteiger partial charge is 0.151 e. The van der Waals surface area contributed by atoms with Gasteiger partial charge in [-0.2, -0.15) is 0 Å². The van der Waals surface area contributed by atoms with Crippen molar-refractivity contribution in [1.29, 1.82) is 0 Å². The van der Waals surface area contributed by atoms with E-state index in [1.54, 1.807) is 0 Å². The molecule has 1 fully saturated rings. The van der Waals surface area contributed by atoms with Crippen molar-refractivity contribution in [2.24, 2.45) is 0 Å². The number of hydrogen-bond donors (Lipinski definition) is 1. The average Bonchev–Trinajstić information content (AvgIpc) is 2.87. The van der Waals surface area contributed by atoms with Gasteiger partial charge in [0.05, 0.1) is 5.25 Å². The van der Waals surface area contributed by atoms with Gasteiger partial charge in [0.25, 0.3) is 0 Å². The molecule has 2 rings (SSSR count). The minimum Gasteiger partial charge on any atom is -0.306 e. The van der Waals surface area contributed by atoms with E-state index in [1.807, 2.05) is 0 Å². The lowest BCUT2D eigenvalue weighted by atomic mass is 9.99. The minimum absolute atomic E-state index is 0.0831. The van der Waals surface area contributed by atoms with Gasteiger partial charge in [-0.3, -0.25) is 0 Å². The van der Waals surface area contributed by atoms with E-state index in [-0.39, 0.29) is 17.3 Å². The molecule has 1 aliphatic carbocycles. The SMILES string of the molecule is CC(C)c1ccc(C(C)NC2CCCC2S(C)(=O)=O)cc1. The highest BCUT2D eigenvalue weighted by atomic mass is 32.2. The summed E-state index contributed by atoms with van der Waals surface area (Å²) >= 11 is 0. The van der Waals surface area contributed by atoms with Crippen LogP contribution in [0.25, 0.3) is 0 Å². The second-order valence-electron chi connectivity index (χ2n) is 6.62. The fraction of sp³-hybridized carbons (Fsp3) is 0.647. The van der Waals surface area contributed by atoms with Crippen LogP contribution < -0.4 is 5.32 Å². The highest BCUT2D eigenvalue weighted by Crippen LogP contribution is 2.27. The van der Waals surface area contributed by atoms with Crippen molar-refractivity contribution >= 4 is 9.84 Å². The zero-order valence-electron chi connectivity index (χ0n) is 13.5. The Balaban J connectivity index is 2.05. The molecule has 0 aliphatic heterocycles. The van der Waals surface area contributed by atoms with Crippen LogP contribution in [0, 0.1) is 0 Å².